The van der Waals surface area contributed by atoms with Gasteiger partial charge in [0.05, 0.1) is 11.3 Å². The summed E-state index contributed by atoms with van der Waals surface area (Å²) in [6.07, 6.45) is 1.26. The monoisotopic (exact) mass is 381 g/mol. The molecule has 3 amide bonds. The Morgan fingerprint density at radius 3 is 2.79 bits per heavy atom. The summed E-state index contributed by atoms with van der Waals surface area (Å²) in [4.78, 5) is 41.4. The van der Waals surface area contributed by atoms with Gasteiger partial charge in [-0.25, -0.2) is 4.39 Å². The van der Waals surface area contributed by atoms with Crippen molar-refractivity contribution in [2.24, 2.45) is 0 Å². The third-order valence-electron chi connectivity index (χ3n) is 5.27. The molecule has 2 aliphatic heterocycles. The molecule has 2 aromatic carbocycles. The first kappa shape index (κ1) is 18.2. The Bertz CT molecular complexity index is 975. The van der Waals surface area contributed by atoms with Crippen molar-refractivity contribution in [2.75, 3.05) is 23.3 Å². The molecule has 0 saturated carbocycles. The summed E-state index contributed by atoms with van der Waals surface area (Å²) < 4.78 is 13.9. The molecule has 2 aliphatic rings. The van der Waals surface area contributed by atoms with Crippen molar-refractivity contribution in [3.63, 3.8) is 0 Å². The van der Waals surface area contributed by atoms with Crippen LogP contribution in [0.1, 0.15) is 28.8 Å². The zero-order valence-electron chi connectivity index (χ0n) is 15.4. The average Bonchev–Trinajstić information content (AvgIpc) is 3.14. The van der Waals surface area contributed by atoms with E-state index in [2.05, 4.69) is 5.32 Å². The normalized spacial score (nSPS) is 18.6. The number of aryl methyl sites for hydroxylation is 1. The van der Waals surface area contributed by atoms with E-state index in [1.807, 2.05) is 19.1 Å². The maximum atomic E-state index is 13.9. The minimum absolute atomic E-state index is 0.143. The standard InChI is InChI=1S/C21H20FN3O3/c1-13-5-2-3-6-16(13)23-19(26)12-25-18-11-14(22)8-9-15(18)20(27)24-10-4-7-17(24)21(25)28/h2-3,5-6,8-9,11,17H,4,7,10,12H2,1H3,(H,23,26)/t17-/m0/s1. The van der Waals surface area contributed by atoms with Crippen LogP contribution in [0, 0.1) is 12.7 Å². The first-order chi connectivity index (χ1) is 13.5. The van der Waals surface area contributed by atoms with Crippen LogP contribution in [0.15, 0.2) is 42.5 Å². The Labute approximate surface area is 161 Å². The lowest BCUT2D eigenvalue weighted by atomic mass is 10.1. The summed E-state index contributed by atoms with van der Waals surface area (Å²) in [5.41, 5.74) is 1.92. The Hall–Kier alpha value is -3.22. The molecule has 1 N–H and O–H groups in total. The lowest BCUT2D eigenvalue weighted by molar-refractivity contribution is -0.124. The van der Waals surface area contributed by atoms with E-state index in [1.54, 1.807) is 12.1 Å². The van der Waals surface area contributed by atoms with Crippen molar-refractivity contribution in [3.8, 4) is 0 Å². The highest BCUT2D eigenvalue weighted by Gasteiger charge is 2.42. The Morgan fingerprint density at radius 1 is 1.21 bits per heavy atom. The summed E-state index contributed by atoms with van der Waals surface area (Å²) in [7, 11) is 0. The predicted octanol–water partition coefficient (Wildman–Crippen LogP) is 2.72. The van der Waals surface area contributed by atoms with Crippen molar-refractivity contribution >= 4 is 29.1 Å². The molecule has 0 radical (unpaired) electrons. The number of fused-ring (bicyclic) bond motifs is 2. The summed E-state index contributed by atoms with van der Waals surface area (Å²) >= 11 is 0. The van der Waals surface area contributed by atoms with Gasteiger partial charge in [0.15, 0.2) is 0 Å². The van der Waals surface area contributed by atoms with Crippen LogP contribution in [0.5, 0.6) is 0 Å². The third-order valence-corrected chi connectivity index (χ3v) is 5.27. The van der Waals surface area contributed by atoms with Crippen molar-refractivity contribution in [3.05, 3.63) is 59.4 Å². The molecule has 0 aliphatic carbocycles. The lowest BCUT2D eigenvalue weighted by Crippen LogP contribution is -2.47. The number of anilines is 2. The second kappa shape index (κ2) is 7.07. The molecule has 7 heteroatoms. The molecule has 1 saturated heterocycles. The number of benzene rings is 2. The van der Waals surface area contributed by atoms with E-state index in [0.29, 0.717) is 18.7 Å². The summed E-state index contributed by atoms with van der Waals surface area (Å²) in [5.74, 6) is -1.62. The van der Waals surface area contributed by atoms with Crippen LogP contribution < -0.4 is 10.2 Å². The fourth-order valence-electron chi connectivity index (χ4n) is 3.84. The van der Waals surface area contributed by atoms with E-state index in [1.165, 1.54) is 21.9 Å². The van der Waals surface area contributed by atoms with Gasteiger partial charge in [-0.3, -0.25) is 14.4 Å². The van der Waals surface area contributed by atoms with Gasteiger partial charge in [-0.15, -0.1) is 0 Å². The number of para-hydroxylation sites is 1. The van der Waals surface area contributed by atoms with E-state index in [4.69, 9.17) is 0 Å². The number of hydrogen-bond donors (Lipinski definition) is 1. The average molecular weight is 381 g/mol. The van der Waals surface area contributed by atoms with Crippen molar-refractivity contribution < 1.29 is 18.8 Å². The topological polar surface area (TPSA) is 69.7 Å². The molecule has 2 aromatic rings. The number of nitrogens with zero attached hydrogens (tertiary/aromatic N) is 2. The van der Waals surface area contributed by atoms with E-state index in [9.17, 15) is 18.8 Å². The van der Waals surface area contributed by atoms with Crippen LogP contribution in [-0.4, -0.2) is 41.8 Å². The largest absolute Gasteiger partial charge is 0.327 e. The quantitative estimate of drug-likeness (QED) is 0.889. The van der Waals surface area contributed by atoms with Crippen LogP contribution >= 0.6 is 0 Å². The molecular formula is C21H20FN3O3. The van der Waals surface area contributed by atoms with E-state index >= 15 is 0 Å². The van der Waals surface area contributed by atoms with Gasteiger partial charge < -0.3 is 15.1 Å². The molecular weight excluding hydrogens is 361 g/mol. The number of nitrogens with one attached hydrogen (secondary N) is 1. The molecule has 144 valence electrons. The highest BCUT2D eigenvalue weighted by atomic mass is 19.1. The molecule has 0 bridgehead atoms. The van der Waals surface area contributed by atoms with Gasteiger partial charge >= 0.3 is 0 Å². The van der Waals surface area contributed by atoms with Crippen LogP contribution in [0.4, 0.5) is 15.8 Å². The van der Waals surface area contributed by atoms with Crippen molar-refractivity contribution in [1.29, 1.82) is 0 Å². The number of rotatable bonds is 3. The first-order valence-corrected chi connectivity index (χ1v) is 9.23. The van der Waals surface area contributed by atoms with Gasteiger partial charge in [-0.1, -0.05) is 18.2 Å². The zero-order valence-corrected chi connectivity index (χ0v) is 15.4. The van der Waals surface area contributed by atoms with Gasteiger partial charge in [-0.2, -0.15) is 0 Å². The maximum absolute atomic E-state index is 13.9. The van der Waals surface area contributed by atoms with Gasteiger partial charge in [0, 0.05) is 12.2 Å². The molecule has 6 nitrogen and oxygen atoms in total. The molecule has 0 aromatic heterocycles. The second-order valence-corrected chi connectivity index (χ2v) is 7.11. The van der Waals surface area contributed by atoms with Gasteiger partial charge in [0.2, 0.25) is 11.8 Å². The molecule has 4 rings (SSSR count). The Kier molecular flexibility index (Phi) is 4.58. The van der Waals surface area contributed by atoms with Crippen LogP contribution in [-0.2, 0) is 9.59 Å². The maximum Gasteiger partial charge on any atom is 0.256 e. The third kappa shape index (κ3) is 3.13. The van der Waals surface area contributed by atoms with Crippen LogP contribution in [0.25, 0.3) is 0 Å². The Morgan fingerprint density at radius 2 is 2.00 bits per heavy atom. The van der Waals surface area contributed by atoms with Crippen LogP contribution in [0.2, 0.25) is 0 Å². The molecule has 1 atom stereocenters. The van der Waals surface area contributed by atoms with E-state index in [-0.39, 0.29) is 29.6 Å². The number of carbonyl (C=O) groups excluding carboxylic acids is 3. The minimum Gasteiger partial charge on any atom is -0.327 e. The molecule has 28 heavy (non-hydrogen) atoms. The fraction of sp³-hybridized carbons (Fsp3) is 0.286. The molecule has 0 spiro atoms. The summed E-state index contributed by atoms with van der Waals surface area (Å²) in [6.45, 7) is 2.06. The van der Waals surface area contributed by atoms with Crippen molar-refractivity contribution in [1.82, 2.24) is 4.90 Å². The van der Waals surface area contributed by atoms with Crippen molar-refractivity contribution in [2.45, 2.75) is 25.8 Å². The second-order valence-electron chi connectivity index (χ2n) is 7.11. The Balaban J connectivity index is 1.68. The van der Waals surface area contributed by atoms with Gasteiger partial charge in [-0.05, 0) is 49.6 Å². The molecule has 0 unspecified atom stereocenters. The smallest absolute Gasteiger partial charge is 0.256 e. The minimum atomic E-state index is -0.616. The van der Waals surface area contributed by atoms with Crippen LogP contribution in [0.3, 0.4) is 0 Å². The first-order valence-electron chi connectivity index (χ1n) is 9.23. The highest BCUT2D eigenvalue weighted by molar-refractivity contribution is 6.13. The fourth-order valence-corrected chi connectivity index (χ4v) is 3.84. The predicted molar refractivity (Wildman–Crippen MR) is 103 cm³/mol. The SMILES string of the molecule is Cc1ccccc1NC(=O)CN1C(=O)[C@@H]2CCCN2C(=O)c2ccc(F)cc21. The number of hydrogen-bond acceptors (Lipinski definition) is 3. The van der Waals surface area contributed by atoms with Gasteiger partial charge in [0.1, 0.15) is 18.4 Å². The van der Waals surface area contributed by atoms with Gasteiger partial charge in [0.25, 0.3) is 5.91 Å². The van der Waals surface area contributed by atoms with E-state index < -0.39 is 17.8 Å². The number of halogens is 1. The summed E-state index contributed by atoms with van der Waals surface area (Å²) in [6, 6.07) is 10.4. The molecule has 1 fully saturated rings. The lowest BCUT2D eigenvalue weighted by Gasteiger charge is -2.25. The summed E-state index contributed by atoms with van der Waals surface area (Å²) in [5, 5.41) is 2.79. The molecule has 2 heterocycles. The number of carbonyl (C=O) groups is 3. The zero-order chi connectivity index (χ0) is 19.8. The number of amides is 3. The van der Waals surface area contributed by atoms with E-state index in [0.717, 1.165) is 18.1 Å². The highest BCUT2D eigenvalue weighted by Crippen LogP contribution is 2.33.